The van der Waals surface area contributed by atoms with Gasteiger partial charge in [0, 0.05) is 0 Å². The monoisotopic (exact) mass is 342 g/mol. The molecular formula is C17H11F5O2. The molecule has 0 N–H and O–H groups in total. The zero-order valence-electron chi connectivity index (χ0n) is 12.4. The zero-order valence-corrected chi connectivity index (χ0v) is 12.4. The van der Waals surface area contributed by atoms with Crippen molar-refractivity contribution in [2.75, 3.05) is 0 Å². The van der Waals surface area contributed by atoms with Crippen molar-refractivity contribution in [3.05, 3.63) is 64.5 Å². The van der Waals surface area contributed by atoms with Gasteiger partial charge in [0.15, 0.2) is 0 Å². The molecule has 7 heteroatoms. The second kappa shape index (κ2) is 5.58. The zero-order chi connectivity index (χ0) is 17.6. The fraction of sp³-hybridized carbons (Fsp3) is 0.235. The molecular weight excluding hydrogens is 331 g/mol. The Morgan fingerprint density at radius 3 is 1.79 bits per heavy atom. The molecule has 0 saturated heterocycles. The summed E-state index contributed by atoms with van der Waals surface area (Å²) in [6.45, 7) is 2.05. The summed E-state index contributed by atoms with van der Waals surface area (Å²) in [4.78, 5) is 11.9. The van der Waals surface area contributed by atoms with Gasteiger partial charge in [-0.15, -0.1) is 0 Å². The molecule has 126 valence electrons. The highest BCUT2D eigenvalue weighted by atomic mass is 19.2. The third-order valence-corrected chi connectivity index (χ3v) is 4.18. The fourth-order valence-corrected chi connectivity index (χ4v) is 2.31. The first-order valence-corrected chi connectivity index (χ1v) is 7.09. The molecule has 0 unspecified atom stereocenters. The summed E-state index contributed by atoms with van der Waals surface area (Å²) in [6.07, 6.45) is 2.03. The van der Waals surface area contributed by atoms with E-state index in [-0.39, 0.29) is 11.0 Å². The van der Waals surface area contributed by atoms with E-state index in [1.165, 1.54) is 12.1 Å². The Labute approximate surface area is 133 Å². The van der Waals surface area contributed by atoms with Gasteiger partial charge in [0.1, 0.15) is 0 Å². The lowest BCUT2D eigenvalue weighted by Crippen LogP contribution is -2.14. The maximum absolute atomic E-state index is 13.5. The minimum Gasteiger partial charge on any atom is -0.416 e. The van der Waals surface area contributed by atoms with Gasteiger partial charge in [-0.1, -0.05) is 19.1 Å². The highest BCUT2D eigenvalue weighted by Gasteiger charge is 2.38. The molecule has 0 spiro atoms. The Morgan fingerprint density at radius 2 is 1.33 bits per heavy atom. The number of rotatable bonds is 3. The lowest BCUT2D eigenvalue weighted by Gasteiger charge is -2.11. The smallest absolute Gasteiger partial charge is 0.343 e. The van der Waals surface area contributed by atoms with Gasteiger partial charge in [0.05, 0.1) is 5.56 Å². The van der Waals surface area contributed by atoms with Crippen LogP contribution in [0.15, 0.2) is 24.3 Å². The van der Waals surface area contributed by atoms with E-state index in [1.54, 1.807) is 12.1 Å². The van der Waals surface area contributed by atoms with E-state index < -0.39 is 40.8 Å². The maximum Gasteiger partial charge on any atom is 0.343 e. The maximum atomic E-state index is 13.5. The Hall–Kier alpha value is -2.44. The van der Waals surface area contributed by atoms with Gasteiger partial charge in [0.2, 0.25) is 34.8 Å². The number of hydrogen-bond donors (Lipinski definition) is 0. The molecule has 2 aromatic rings. The van der Waals surface area contributed by atoms with E-state index in [0.29, 0.717) is 0 Å². The standard InChI is InChI=1S/C17H11F5O2/c1-17(6-7-17)9-4-2-8(3-5-9)16(23)24-15-13(21)11(19)10(18)12(20)14(15)22/h2-5H,6-7H2,1H3. The van der Waals surface area contributed by atoms with Crippen molar-refractivity contribution in [2.45, 2.75) is 25.2 Å². The van der Waals surface area contributed by atoms with Crippen molar-refractivity contribution >= 4 is 5.97 Å². The molecule has 0 amide bonds. The molecule has 0 aromatic heterocycles. The van der Waals surface area contributed by atoms with Crippen molar-refractivity contribution in [3.8, 4) is 5.75 Å². The van der Waals surface area contributed by atoms with Crippen LogP contribution in [0.25, 0.3) is 0 Å². The summed E-state index contributed by atoms with van der Waals surface area (Å²) in [5.41, 5.74) is 0.992. The first kappa shape index (κ1) is 16.4. The number of hydrogen-bond acceptors (Lipinski definition) is 2. The molecule has 0 aliphatic heterocycles. The van der Waals surface area contributed by atoms with Crippen LogP contribution in [-0.4, -0.2) is 5.97 Å². The first-order chi connectivity index (χ1) is 11.2. The van der Waals surface area contributed by atoms with Crippen LogP contribution in [0.5, 0.6) is 5.75 Å². The largest absolute Gasteiger partial charge is 0.416 e. The average Bonchev–Trinajstić information content (AvgIpc) is 3.34. The highest BCUT2D eigenvalue weighted by molar-refractivity contribution is 5.91. The minimum atomic E-state index is -2.31. The van der Waals surface area contributed by atoms with Gasteiger partial charge in [-0.05, 0) is 36.0 Å². The van der Waals surface area contributed by atoms with E-state index in [9.17, 15) is 26.7 Å². The second-order valence-corrected chi connectivity index (χ2v) is 5.93. The van der Waals surface area contributed by atoms with Crippen molar-refractivity contribution in [3.63, 3.8) is 0 Å². The molecule has 1 saturated carbocycles. The second-order valence-electron chi connectivity index (χ2n) is 5.93. The predicted octanol–water partition coefficient (Wildman–Crippen LogP) is 4.65. The molecule has 3 rings (SSSR count). The number of esters is 1. The average molecular weight is 342 g/mol. The van der Waals surface area contributed by atoms with E-state index >= 15 is 0 Å². The minimum absolute atomic E-state index is 0.0594. The molecule has 1 aliphatic rings. The predicted molar refractivity (Wildman–Crippen MR) is 74.2 cm³/mol. The Bertz CT molecular complexity index is 797. The molecule has 0 bridgehead atoms. The van der Waals surface area contributed by atoms with Crippen LogP contribution in [0.1, 0.15) is 35.7 Å². The van der Waals surface area contributed by atoms with E-state index in [1.807, 2.05) is 0 Å². The molecule has 2 nitrogen and oxygen atoms in total. The first-order valence-electron chi connectivity index (χ1n) is 7.09. The van der Waals surface area contributed by atoms with E-state index in [0.717, 1.165) is 18.4 Å². The molecule has 1 aliphatic carbocycles. The number of carbonyl (C=O) groups is 1. The van der Waals surface area contributed by atoms with Crippen LogP contribution in [-0.2, 0) is 5.41 Å². The quantitative estimate of drug-likeness (QED) is 0.267. The van der Waals surface area contributed by atoms with Crippen molar-refractivity contribution in [1.29, 1.82) is 0 Å². The van der Waals surface area contributed by atoms with Crippen molar-refractivity contribution in [2.24, 2.45) is 0 Å². The number of carbonyl (C=O) groups excluding carboxylic acids is 1. The van der Waals surface area contributed by atoms with Crippen LogP contribution >= 0.6 is 0 Å². The molecule has 0 heterocycles. The number of ether oxygens (including phenoxy) is 1. The summed E-state index contributed by atoms with van der Waals surface area (Å²) >= 11 is 0. The number of benzene rings is 2. The summed E-state index contributed by atoms with van der Waals surface area (Å²) in [6, 6.07) is 6.10. The van der Waals surface area contributed by atoms with E-state index in [4.69, 9.17) is 0 Å². The summed E-state index contributed by atoms with van der Waals surface area (Å²) in [7, 11) is 0. The molecule has 24 heavy (non-hydrogen) atoms. The summed E-state index contributed by atoms with van der Waals surface area (Å²) in [5, 5.41) is 0. The Balaban J connectivity index is 1.88. The van der Waals surface area contributed by atoms with Crippen LogP contribution in [0.3, 0.4) is 0 Å². The molecule has 2 aromatic carbocycles. The fourth-order valence-electron chi connectivity index (χ4n) is 2.31. The van der Waals surface area contributed by atoms with Crippen molar-refractivity contribution < 1.29 is 31.5 Å². The number of halogens is 5. The lowest BCUT2D eigenvalue weighted by molar-refractivity contribution is 0.0716. The van der Waals surface area contributed by atoms with Gasteiger partial charge >= 0.3 is 5.97 Å². The van der Waals surface area contributed by atoms with Gasteiger partial charge in [-0.25, -0.2) is 18.0 Å². The van der Waals surface area contributed by atoms with Crippen LogP contribution in [0.2, 0.25) is 0 Å². The third-order valence-electron chi connectivity index (χ3n) is 4.18. The molecule has 0 atom stereocenters. The van der Waals surface area contributed by atoms with Crippen LogP contribution < -0.4 is 4.74 Å². The lowest BCUT2D eigenvalue weighted by atomic mass is 9.97. The summed E-state index contributed by atoms with van der Waals surface area (Å²) in [5.74, 6) is -13.9. The van der Waals surface area contributed by atoms with Crippen LogP contribution in [0.4, 0.5) is 22.0 Å². The topological polar surface area (TPSA) is 26.3 Å². The van der Waals surface area contributed by atoms with Crippen LogP contribution in [0, 0.1) is 29.1 Å². The van der Waals surface area contributed by atoms with Gasteiger partial charge in [-0.2, -0.15) is 8.78 Å². The van der Waals surface area contributed by atoms with Gasteiger partial charge in [-0.3, -0.25) is 0 Å². The van der Waals surface area contributed by atoms with Gasteiger partial charge in [0.25, 0.3) is 0 Å². The Kier molecular flexibility index (Phi) is 3.81. The third kappa shape index (κ3) is 2.64. The van der Waals surface area contributed by atoms with Gasteiger partial charge < -0.3 is 4.74 Å². The molecule has 0 radical (unpaired) electrons. The SMILES string of the molecule is CC1(c2ccc(C(=O)Oc3c(F)c(F)c(F)c(F)c3F)cc2)CC1. The van der Waals surface area contributed by atoms with Crippen molar-refractivity contribution in [1.82, 2.24) is 0 Å². The highest BCUT2D eigenvalue weighted by Crippen LogP contribution is 2.47. The summed E-state index contributed by atoms with van der Waals surface area (Å²) < 4.78 is 70.5. The normalized spacial score (nSPS) is 15.2. The molecule has 1 fully saturated rings. The Morgan fingerprint density at radius 1 is 0.875 bits per heavy atom. The van der Waals surface area contributed by atoms with E-state index in [2.05, 4.69) is 11.7 Å².